The molecule has 214 valence electrons. The molecule has 3 rings (SSSR count). The Hall–Kier alpha value is -3.94. The maximum atomic E-state index is 14.7. The van der Waals surface area contributed by atoms with Gasteiger partial charge >= 0.3 is 12.1 Å². The number of rotatable bonds is 12. The first-order chi connectivity index (χ1) is 19.0. The van der Waals surface area contributed by atoms with E-state index >= 15 is 0 Å². The zero-order valence-electron chi connectivity index (χ0n) is 22.3. The minimum absolute atomic E-state index is 0.128. The average Bonchev–Trinajstić information content (AvgIpc) is 3.29. The number of ether oxygens (including phenoxy) is 1. The van der Waals surface area contributed by atoms with Crippen molar-refractivity contribution in [2.24, 2.45) is 0 Å². The number of nitro benzene ring substituents is 1. The monoisotopic (exact) mass is 577 g/mol. The second-order valence-electron chi connectivity index (χ2n) is 8.89. The molecule has 1 amide bonds. The first-order valence-corrected chi connectivity index (χ1v) is 13.1. The van der Waals surface area contributed by atoms with Crippen LogP contribution >= 0.6 is 11.3 Å². The van der Waals surface area contributed by atoms with Gasteiger partial charge in [-0.15, -0.1) is 11.3 Å². The normalized spacial score (nSPS) is 11.2. The third kappa shape index (κ3) is 6.97. The van der Waals surface area contributed by atoms with Crippen LogP contribution in [0.4, 0.5) is 24.3 Å². The van der Waals surface area contributed by atoms with Crippen LogP contribution in [0.25, 0.3) is 10.4 Å². The Morgan fingerprint density at radius 1 is 1.05 bits per heavy atom. The molecule has 0 saturated carbocycles. The smallest absolute Gasteiger partial charge is 0.415 e. The summed E-state index contributed by atoms with van der Waals surface area (Å²) in [5.74, 6) is -3.24. The fourth-order valence-corrected chi connectivity index (χ4v) is 5.18. The Morgan fingerprint density at radius 2 is 1.65 bits per heavy atom. The summed E-state index contributed by atoms with van der Waals surface area (Å²) in [5.41, 5.74) is -0.345. The van der Waals surface area contributed by atoms with Crippen LogP contribution in [-0.4, -0.2) is 47.4 Å². The first kappa shape index (κ1) is 30.6. The number of benzene rings is 2. The van der Waals surface area contributed by atoms with E-state index in [4.69, 9.17) is 9.57 Å². The fraction of sp³-hybridized carbons (Fsp3) is 0.333. The van der Waals surface area contributed by atoms with E-state index < -0.39 is 46.8 Å². The molecule has 0 bridgehead atoms. The third-order valence-electron chi connectivity index (χ3n) is 6.03. The van der Waals surface area contributed by atoms with Gasteiger partial charge in [-0.1, -0.05) is 19.9 Å². The summed E-state index contributed by atoms with van der Waals surface area (Å²) in [7, 11) is 3.19. The molecule has 2 aromatic carbocycles. The molecule has 10 nitrogen and oxygen atoms in total. The van der Waals surface area contributed by atoms with Crippen LogP contribution in [0.2, 0.25) is 0 Å². The zero-order valence-corrected chi connectivity index (χ0v) is 23.2. The van der Waals surface area contributed by atoms with Crippen LogP contribution in [0.3, 0.4) is 0 Å². The molecule has 0 unspecified atom stereocenters. The van der Waals surface area contributed by atoms with Crippen molar-refractivity contribution in [3.8, 4) is 10.4 Å². The van der Waals surface area contributed by atoms with Crippen molar-refractivity contribution in [2.45, 2.75) is 45.9 Å². The second-order valence-corrected chi connectivity index (χ2v) is 9.89. The number of carboxylic acids is 1. The summed E-state index contributed by atoms with van der Waals surface area (Å²) < 4.78 is 35.0. The van der Waals surface area contributed by atoms with E-state index in [1.165, 1.54) is 35.4 Å². The second kappa shape index (κ2) is 13.4. The van der Waals surface area contributed by atoms with Crippen LogP contribution in [0.5, 0.6) is 0 Å². The molecule has 3 aromatic rings. The van der Waals surface area contributed by atoms with Gasteiger partial charge in [-0.25, -0.2) is 18.4 Å². The van der Waals surface area contributed by atoms with Gasteiger partial charge in [-0.2, -0.15) is 5.06 Å². The molecule has 13 heteroatoms. The van der Waals surface area contributed by atoms with E-state index in [-0.39, 0.29) is 28.4 Å². The Bertz CT molecular complexity index is 1350. The number of hydrogen-bond acceptors (Lipinski definition) is 8. The minimum Gasteiger partial charge on any atom is -0.478 e. The molecule has 0 aliphatic rings. The largest absolute Gasteiger partial charge is 0.478 e. The number of nitrogens with zero attached hydrogens (tertiary/aromatic N) is 3. The summed E-state index contributed by atoms with van der Waals surface area (Å²) in [6.45, 7) is 2.73. The number of anilines is 1. The van der Waals surface area contributed by atoms with Crippen LogP contribution in [0.1, 0.15) is 48.2 Å². The van der Waals surface area contributed by atoms with Crippen molar-refractivity contribution in [3.05, 3.63) is 80.9 Å². The topological polar surface area (TPSA) is 122 Å². The number of thiophene rings is 1. The lowest BCUT2D eigenvalue weighted by Crippen LogP contribution is -2.35. The van der Waals surface area contributed by atoms with Crippen molar-refractivity contribution in [3.63, 3.8) is 0 Å². The highest BCUT2D eigenvalue weighted by atomic mass is 32.1. The van der Waals surface area contributed by atoms with Gasteiger partial charge in [0.05, 0.1) is 18.1 Å². The van der Waals surface area contributed by atoms with E-state index in [2.05, 4.69) is 0 Å². The van der Waals surface area contributed by atoms with Gasteiger partial charge in [0.1, 0.15) is 28.3 Å². The average molecular weight is 578 g/mol. The maximum absolute atomic E-state index is 14.7. The van der Waals surface area contributed by atoms with Crippen molar-refractivity contribution in [2.75, 3.05) is 19.0 Å². The van der Waals surface area contributed by atoms with E-state index in [1.807, 2.05) is 0 Å². The van der Waals surface area contributed by atoms with Gasteiger partial charge < -0.3 is 9.84 Å². The Morgan fingerprint density at radius 3 is 2.15 bits per heavy atom. The summed E-state index contributed by atoms with van der Waals surface area (Å²) >= 11 is 0.874. The van der Waals surface area contributed by atoms with Crippen LogP contribution in [-0.2, 0) is 22.7 Å². The molecular weight excluding hydrogens is 548 g/mol. The SMILES string of the molecule is CCC(CC)OC(=O)N(Cc1c(F)cccc1F)c1sc(-c2ccc([N+](=O)[O-])cc2)c(CON(C)C)c1C(=O)O. The fourth-order valence-electron chi connectivity index (χ4n) is 3.88. The number of hydroxylamine groups is 2. The molecule has 1 aromatic heterocycles. The summed E-state index contributed by atoms with van der Waals surface area (Å²) in [6, 6.07) is 8.67. The lowest BCUT2D eigenvalue weighted by atomic mass is 10.0. The molecule has 1 heterocycles. The Kier molecular flexibility index (Phi) is 10.3. The highest BCUT2D eigenvalue weighted by Crippen LogP contribution is 2.44. The van der Waals surface area contributed by atoms with Crippen molar-refractivity contribution < 1.29 is 38.0 Å². The standard InChI is InChI=1S/C27H29F2N3O7S/c1-5-18(6-2)39-27(35)31(14-19-21(28)8-7-9-22(19)29)25-23(26(33)34)20(15-38-30(3)4)24(40-25)16-10-12-17(13-11-16)32(36)37/h7-13,18H,5-6,14-15H2,1-4H3,(H,33,34). The van der Waals surface area contributed by atoms with Gasteiger partial charge in [0.25, 0.3) is 5.69 Å². The molecule has 0 atom stereocenters. The number of carbonyl (C=O) groups is 2. The van der Waals surface area contributed by atoms with Crippen molar-refractivity contribution >= 4 is 34.1 Å². The lowest BCUT2D eigenvalue weighted by molar-refractivity contribution is -0.384. The molecule has 0 saturated heterocycles. The number of non-ortho nitro benzene ring substituents is 1. The van der Waals surface area contributed by atoms with Crippen molar-refractivity contribution in [1.29, 1.82) is 0 Å². The minimum atomic E-state index is -1.41. The zero-order chi connectivity index (χ0) is 29.6. The van der Waals surface area contributed by atoms with E-state index in [9.17, 15) is 33.6 Å². The molecule has 0 aliphatic heterocycles. The third-order valence-corrected chi connectivity index (χ3v) is 7.34. The van der Waals surface area contributed by atoms with E-state index in [1.54, 1.807) is 27.9 Å². The molecule has 40 heavy (non-hydrogen) atoms. The number of nitro groups is 1. The molecule has 0 spiro atoms. The van der Waals surface area contributed by atoms with Crippen molar-refractivity contribution in [1.82, 2.24) is 5.06 Å². The Balaban J connectivity index is 2.26. The highest BCUT2D eigenvalue weighted by Gasteiger charge is 2.33. The molecule has 1 N–H and O–H groups in total. The van der Waals surface area contributed by atoms with Gasteiger partial charge in [0, 0.05) is 42.2 Å². The van der Waals surface area contributed by atoms with Crippen LogP contribution in [0, 0.1) is 21.7 Å². The number of amides is 1. The van der Waals surface area contributed by atoms with Gasteiger partial charge in [-0.3, -0.25) is 19.9 Å². The summed E-state index contributed by atoms with van der Waals surface area (Å²) in [4.78, 5) is 43.5. The van der Waals surface area contributed by atoms with E-state index in [0.29, 0.717) is 23.3 Å². The molecule has 0 radical (unpaired) electrons. The van der Waals surface area contributed by atoms with Gasteiger partial charge in [-0.05, 0) is 42.7 Å². The summed E-state index contributed by atoms with van der Waals surface area (Å²) in [6.07, 6.45) is -0.554. The van der Waals surface area contributed by atoms with Gasteiger partial charge in [0.15, 0.2) is 0 Å². The maximum Gasteiger partial charge on any atom is 0.415 e. The lowest BCUT2D eigenvalue weighted by Gasteiger charge is -2.25. The predicted octanol–water partition coefficient (Wildman–Crippen LogP) is 6.62. The first-order valence-electron chi connectivity index (χ1n) is 12.3. The van der Waals surface area contributed by atoms with Crippen LogP contribution in [0.15, 0.2) is 42.5 Å². The highest BCUT2D eigenvalue weighted by molar-refractivity contribution is 7.20. The quantitative estimate of drug-likeness (QED) is 0.188. The molecule has 0 fully saturated rings. The van der Waals surface area contributed by atoms with Crippen LogP contribution < -0.4 is 4.90 Å². The summed E-state index contributed by atoms with van der Waals surface area (Å²) in [5, 5.41) is 22.7. The number of carboxylic acid groups (broad SMARTS) is 1. The molecular formula is C27H29F2N3O7S. The Labute approximate surface area is 233 Å². The van der Waals surface area contributed by atoms with E-state index in [0.717, 1.165) is 28.4 Å². The number of carbonyl (C=O) groups excluding carboxylic acids is 1. The predicted molar refractivity (Wildman–Crippen MR) is 145 cm³/mol. The number of halogens is 2. The molecule has 0 aliphatic carbocycles. The number of hydrogen-bond donors (Lipinski definition) is 1. The van der Waals surface area contributed by atoms with Gasteiger partial charge in [0.2, 0.25) is 0 Å². The number of aromatic carboxylic acids is 1.